The summed E-state index contributed by atoms with van der Waals surface area (Å²) in [7, 11) is 0. The molecule has 0 fully saturated rings. The Bertz CT molecular complexity index is 925. The quantitative estimate of drug-likeness (QED) is 0.729. The molecule has 4 nitrogen and oxygen atoms in total. The molecule has 0 spiro atoms. The highest BCUT2D eigenvalue weighted by molar-refractivity contribution is 5.80. The molecule has 4 rings (SSSR count). The third-order valence-electron chi connectivity index (χ3n) is 4.39. The lowest BCUT2D eigenvalue weighted by Crippen LogP contribution is -2.37. The molecule has 0 radical (unpaired) electrons. The van der Waals surface area contributed by atoms with Crippen molar-refractivity contribution in [1.82, 2.24) is 14.9 Å². The second-order valence-corrected chi connectivity index (χ2v) is 5.98. The smallest absolute Gasteiger partial charge is 0.227 e. The monoisotopic (exact) mass is 321 g/mol. The second-order valence-electron chi connectivity index (χ2n) is 5.98. The fraction of sp³-hybridized carbons (Fsp3) is 0.211. The van der Waals surface area contributed by atoms with Gasteiger partial charge in [0, 0.05) is 36.8 Å². The van der Waals surface area contributed by atoms with Crippen LogP contribution in [-0.4, -0.2) is 27.3 Å². The molecule has 0 unspecified atom stereocenters. The summed E-state index contributed by atoms with van der Waals surface area (Å²) in [5.41, 5.74) is 3.22. The first kappa shape index (κ1) is 14.8. The molecular weight excluding hydrogens is 305 g/mol. The number of carbonyl (C=O) groups excluding carboxylic acids is 1. The fourth-order valence-corrected chi connectivity index (χ4v) is 3.09. The molecule has 3 heterocycles. The summed E-state index contributed by atoms with van der Waals surface area (Å²) in [6, 6.07) is 12.3. The summed E-state index contributed by atoms with van der Waals surface area (Å²) >= 11 is 0. The van der Waals surface area contributed by atoms with Gasteiger partial charge in [0.05, 0.1) is 6.42 Å². The van der Waals surface area contributed by atoms with Crippen molar-refractivity contribution in [3.63, 3.8) is 0 Å². The van der Waals surface area contributed by atoms with Gasteiger partial charge in [-0.1, -0.05) is 18.2 Å². The average Bonchev–Trinajstić information content (AvgIpc) is 2.61. The maximum atomic E-state index is 13.7. The van der Waals surface area contributed by atoms with Crippen molar-refractivity contribution in [3.05, 3.63) is 71.3 Å². The van der Waals surface area contributed by atoms with Crippen LogP contribution in [0.15, 0.2) is 48.7 Å². The number of aromatic nitrogens is 2. The summed E-state index contributed by atoms with van der Waals surface area (Å²) in [6.07, 6.45) is 2.52. The number of hydrogen-bond acceptors (Lipinski definition) is 3. The van der Waals surface area contributed by atoms with E-state index in [1.807, 2.05) is 18.2 Å². The van der Waals surface area contributed by atoms with Crippen LogP contribution >= 0.6 is 0 Å². The Labute approximate surface area is 139 Å². The van der Waals surface area contributed by atoms with Gasteiger partial charge in [0.15, 0.2) is 5.65 Å². The number of halogens is 1. The van der Waals surface area contributed by atoms with E-state index < -0.39 is 0 Å². The van der Waals surface area contributed by atoms with Crippen molar-refractivity contribution >= 4 is 16.9 Å². The lowest BCUT2D eigenvalue weighted by Gasteiger charge is -2.28. The van der Waals surface area contributed by atoms with Crippen LogP contribution in [0.5, 0.6) is 0 Å². The standard InChI is InChI=1S/C19H16FN3O/c20-16-6-2-1-4-13(16)11-18(24)23-9-7-17-15(12-23)10-14-5-3-8-21-19(14)22-17/h1-6,8,10H,7,9,11-12H2. The van der Waals surface area contributed by atoms with Crippen LogP contribution in [0, 0.1) is 5.82 Å². The highest BCUT2D eigenvalue weighted by Crippen LogP contribution is 2.22. The van der Waals surface area contributed by atoms with Crippen molar-refractivity contribution < 1.29 is 9.18 Å². The van der Waals surface area contributed by atoms with Gasteiger partial charge in [0.1, 0.15) is 5.82 Å². The van der Waals surface area contributed by atoms with Crippen LogP contribution in [0.3, 0.4) is 0 Å². The molecule has 3 aromatic rings. The SMILES string of the molecule is O=C(Cc1ccccc1F)N1CCc2nc3ncccc3cc2C1. The average molecular weight is 321 g/mol. The van der Waals surface area contributed by atoms with Gasteiger partial charge in [-0.05, 0) is 35.4 Å². The number of carbonyl (C=O) groups is 1. The fourth-order valence-electron chi connectivity index (χ4n) is 3.09. The van der Waals surface area contributed by atoms with Gasteiger partial charge in [0.2, 0.25) is 5.91 Å². The van der Waals surface area contributed by atoms with E-state index >= 15 is 0 Å². The number of hydrogen-bond donors (Lipinski definition) is 0. The summed E-state index contributed by atoms with van der Waals surface area (Å²) < 4.78 is 13.7. The molecule has 1 aliphatic heterocycles. The van der Waals surface area contributed by atoms with Gasteiger partial charge in [-0.15, -0.1) is 0 Å². The molecule has 0 aliphatic carbocycles. The van der Waals surface area contributed by atoms with E-state index in [1.165, 1.54) is 6.07 Å². The normalized spacial score (nSPS) is 13.8. The van der Waals surface area contributed by atoms with Gasteiger partial charge in [0.25, 0.3) is 0 Å². The maximum Gasteiger partial charge on any atom is 0.227 e. The van der Waals surface area contributed by atoms with Crippen molar-refractivity contribution in [3.8, 4) is 0 Å². The van der Waals surface area contributed by atoms with Crippen molar-refractivity contribution in [2.75, 3.05) is 6.54 Å². The molecule has 1 aromatic carbocycles. The lowest BCUT2D eigenvalue weighted by molar-refractivity contribution is -0.131. The number of fused-ring (bicyclic) bond motifs is 2. The highest BCUT2D eigenvalue weighted by atomic mass is 19.1. The molecule has 0 saturated heterocycles. The Morgan fingerprint density at radius 3 is 2.96 bits per heavy atom. The van der Waals surface area contributed by atoms with E-state index in [4.69, 9.17) is 0 Å². The van der Waals surface area contributed by atoms with E-state index in [0.717, 1.165) is 22.3 Å². The van der Waals surface area contributed by atoms with Gasteiger partial charge in [-0.3, -0.25) is 4.79 Å². The topological polar surface area (TPSA) is 46.1 Å². The van der Waals surface area contributed by atoms with Gasteiger partial charge in [-0.25, -0.2) is 14.4 Å². The molecule has 120 valence electrons. The summed E-state index contributed by atoms with van der Waals surface area (Å²) in [5.74, 6) is -0.390. The molecule has 1 amide bonds. The van der Waals surface area contributed by atoms with Gasteiger partial charge in [-0.2, -0.15) is 0 Å². The second kappa shape index (κ2) is 6.00. The van der Waals surface area contributed by atoms with Crippen LogP contribution in [0.2, 0.25) is 0 Å². The van der Waals surface area contributed by atoms with Gasteiger partial charge < -0.3 is 4.90 Å². The van der Waals surface area contributed by atoms with Crippen LogP contribution in [0.1, 0.15) is 16.8 Å². The zero-order valence-corrected chi connectivity index (χ0v) is 13.1. The number of rotatable bonds is 2. The van der Waals surface area contributed by atoms with Crippen molar-refractivity contribution in [2.24, 2.45) is 0 Å². The van der Waals surface area contributed by atoms with Crippen LogP contribution in [0.25, 0.3) is 11.0 Å². The number of amides is 1. The van der Waals surface area contributed by atoms with E-state index in [0.29, 0.717) is 25.1 Å². The summed E-state index contributed by atoms with van der Waals surface area (Å²) in [5, 5.41) is 0.972. The zero-order valence-electron chi connectivity index (χ0n) is 13.1. The number of pyridine rings is 2. The van der Waals surface area contributed by atoms with Gasteiger partial charge >= 0.3 is 0 Å². The zero-order chi connectivity index (χ0) is 16.5. The Morgan fingerprint density at radius 1 is 1.21 bits per heavy atom. The Balaban J connectivity index is 1.56. The molecular formula is C19H16FN3O. The Morgan fingerprint density at radius 2 is 2.08 bits per heavy atom. The van der Waals surface area contributed by atoms with Crippen LogP contribution in [-0.2, 0) is 24.2 Å². The predicted molar refractivity (Wildman–Crippen MR) is 88.8 cm³/mol. The van der Waals surface area contributed by atoms with E-state index in [2.05, 4.69) is 9.97 Å². The minimum absolute atomic E-state index is 0.0583. The molecule has 2 aromatic heterocycles. The highest BCUT2D eigenvalue weighted by Gasteiger charge is 2.23. The third kappa shape index (κ3) is 2.73. The Kier molecular flexibility index (Phi) is 3.69. The minimum Gasteiger partial charge on any atom is -0.338 e. The van der Waals surface area contributed by atoms with E-state index in [1.54, 1.807) is 29.3 Å². The van der Waals surface area contributed by atoms with Crippen LogP contribution < -0.4 is 0 Å². The molecule has 5 heteroatoms. The summed E-state index contributed by atoms with van der Waals surface area (Å²) in [4.78, 5) is 23.2. The Hall–Kier alpha value is -2.82. The third-order valence-corrected chi connectivity index (χ3v) is 4.39. The first-order valence-electron chi connectivity index (χ1n) is 7.95. The molecule has 24 heavy (non-hydrogen) atoms. The number of nitrogens with zero attached hydrogens (tertiary/aromatic N) is 3. The first-order chi connectivity index (χ1) is 11.7. The molecule has 0 atom stereocenters. The van der Waals surface area contributed by atoms with E-state index in [-0.39, 0.29) is 18.1 Å². The van der Waals surface area contributed by atoms with Crippen molar-refractivity contribution in [2.45, 2.75) is 19.4 Å². The van der Waals surface area contributed by atoms with Crippen molar-refractivity contribution in [1.29, 1.82) is 0 Å². The molecule has 0 N–H and O–H groups in total. The predicted octanol–water partition coefficient (Wildman–Crippen LogP) is 2.90. The number of benzene rings is 1. The molecule has 0 saturated carbocycles. The van der Waals surface area contributed by atoms with Crippen LogP contribution in [0.4, 0.5) is 4.39 Å². The first-order valence-corrected chi connectivity index (χ1v) is 7.95. The largest absolute Gasteiger partial charge is 0.338 e. The minimum atomic E-state index is -0.331. The summed E-state index contributed by atoms with van der Waals surface area (Å²) in [6.45, 7) is 1.12. The molecule has 1 aliphatic rings. The maximum absolute atomic E-state index is 13.7. The molecule has 0 bridgehead atoms. The lowest BCUT2D eigenvalue weighted by atomic mass is 10.0. The van der Waals surface area contributed by atoms with E-state index in [9.17, 15) is 9.18 Å².